The zero-order valence-electron chi connectivity index (χ0n) is 31.7. The average molecular weight is 710 g/mol. The van der Waals surface area contributed by atoms with Crippen molar-refractivity contribution in [1.82, 2.24) is 10.6 Å². The van der Waals surface area contributed by atoms with Crippen LogP contribution in [0.5, 0.6) is 0 Å². The molecule has 0 saturated heterocycles. The van der Waals surface area contributed by atoms with Crippen LogP contribution < -0.4 is 10.6 Å². The predicted octanol–water partition coefficient (Wildman–Crippen LogP) is 11.6. The zero-order valence-corrected chi connectivity index (χ0v) is 31.7. The predicted molar refractivity (Wildman–Crippen MR) is 221 cm³/mol. The third-order valence-corrected chi connectivity index (χ3v) is 15.5. The number of nitrogens with one attached hydrogen (secondary N) is 2. The van der Waals surface area contributed by atoms with E-state index in [0.29, 0.717) is 40.4 Å². The monoisotopic (exact) mass is 709 g/mol. The minimum Gasteiger partial charge on any atom is -0.350 e. The highest BCUT2D eigenvalue weighted by molar-refractivity contribution is 5.99. The van der Waals surface area contributed by atoms with Gasteiger partial charge in [-0.2, -0.15) is 0 Å². The Morgan fingerprint density at radius 3 is 2.07 bits per heavy atom. The first-order chi connectivity index (χ1) is 26.7. The highest BCUT2D eigenvalue weighted by atomic mass is 15.3. The molecule has 3 aromatic rings. The van der Waals surface area contributed by atoms with Gasteiger partial charge in [0, 0.05) is 22.3 Å². The highest BCUT2D eigenvalue weighted by Crippen LogP contribution is 2.69. The fraction of sp³-hybridized carbons (Fsp3) is 0.431. The molecule has 1 aliphatic heterocycles. The molecule has 7 atom stereocenters. The van der Waals surface area contributed by atoms with Gasteiger partial charge in [0.1, 0.15) is 18.2 Å². The van der Waals surface area contributed by atoms with E-state index in [1.54, 1.807) is 22.3 Å². The van der Waals surface area contributed by atoms with Crippen LogP contribution in [0.1, 0.15) is 118 Å². The van der Waals surface area contributed by atoms with E-state index in [-0.39, 0.29) is 12.3 Å². The molecule has 7 unspecified atom stereocenters. The van der Waals surface area contributed by atoms with Gasteiger partial charge in [0.05, 0.1) is 0 Å². The zero-order chi connectivity index (χ0) is 35.7. The molecular weight excluding hydrogens is 655 g/mol. The molecule has 2 N–H and O–H groups in total. The number of aliphatic imine (C=N–C) groups is 1. The quantitative estimate of drug-likeness (QED) is 0.265. The molecule has 2 spiro atoms. The van der Waals surface area contributed by atoms with Crippen LogP contribution in [0.25, 0.3) is 0 Å². The van der Waals surface area contributed by atoms with Crippen molar-refractivity contribution in [1.29, 1.82) is 0 Å². The number of benzene rings is 3. The van der Waals surface area contributed by atoms with Gasteiger partial charge in [-0.3, -0.25) is 5.32 Å². The van der Waals surface area contributed by atoms with Crippen LogP contribution >= 0.6 is 0 Å². The molecule has 0 radical (unpaired) electrons. The summed E-state index contributed by atoms with van der Waals surface area (Å²) < 4.78 is 0. The summed E-state index contributed by atoms with van der Waals surface area (Å²) in [6.45, 7) is 0. The summed E-state index contributed by atoms with van der Waals surface area (Å²) in [6, 6.07) is 31.0. The molecule has 0 bridgehead atoms. The first-order valence-corrected chi connectivity index (χ1v) is 21.5. The third-order valence-electron chi connectivity index (χ3n) is 15.5. The lowest BCUT2D eigenvalue weighted by Gasteiger charge is -2.44. The van der Waals surface area contributed by atoms with Crippen molar-refractivity contribution in [3.8, 4) is 0 Å². The lowest BCUT2D eigenvalue weighted by Crippen LogP contribution is -2.49. The minimum absolute atomic E-state index is 0.00769. The highest BCUT2D eigenvalue weighted by Gasteiger charge is 2.59. The third kappa shape index (κ3) is 5.20. The first kappa shape index (κ1) is 33.2. The van der Waals surface area contributed by atoms with E-state index in [9.17, 15) is 0 Å². The molecular formula is C51H55N3. The fourth-order valence-electron chi connectivity index (χ4n) is 13.1. The van der Waals surface area contributed by atoms with Crippen LogP contribution in [0.4, 0.5) is 0 Å². The van der Waals surface area contributed by atoms with E-state index < -0.39 is 0 Å². The molecule has 8 aliphatic rings. The van der Waals surface area contributed by atoms with E-state index >= 15 is 0 Å². The Labute approximate surface area is 322 Å². The molecule has 3 saturated carbocycles. The van der Waals surface area contributed by atoms with Gasteiger partial charge in [-0.1, -0.05) is 165 Å². The van der Waals surface area contributed by atoms with Crippen molar-refractivity contribution in [2.75, 3.05) is 0 Å². The maximum atomic E-state index is 5.27. The van der Waals surface area contributed by atoms with E-state index in [2.05, 4.69) is 132 Å². The lowest BCUT2D eigenvalue weighted by molar-refractivity contribution is 0.161. The van der Waals surface area contributed by atoms with Crippen molar-refractivity contribution < 1.29 is 0 Å². The SMILES string of the molecule is C1=CC2C(CC1C1=CC=C(C3N=C(c4ccccc4)NC(c4ccccc4)N3)CC1)C1=CC3c4ccccc4C4(CCCCC4)C3C=C1C21CCCCC1. The van der Waals surface area contributed by atoms with Gasteiger partial charge in [0.25, 0.3) is 0 Å². The van der Waals surface area contributed by atoms with Crippen molar-refractivity contribution in [2.45, 2.75) is 107 Å². The number of amidine groups is 1. The largest absolute Gasteiger partial charge is 0.350 e. The van der Waals surface area contributed by atoms with Crippen LogP contribution in [0.3, 0.4) is 0 Å². The van der Waals surface area contributed by atoms with Crippen molar-refractivity contribution >= 4 is 5.84 Å². The first-order valence-electron chi connectivity index (χ1n) is 21.5. The lowest BCUT2D eigenvalue weighted by atomic mass is 9.59. The second kappa shape index (κ2) is 13.2. The molecule has 54 heavy (non-hydrogen) atoms. The molecule has 3 aromatic carbocycles. The number of nitrogens with zero attached hydrogens (tertiary/aromatic N) is 1. The maximum Gasteiger partial charge on any atom is 0.131 e. The number of allylic oxidation sites excluding steroid dienone is 9. The van der Waals surface area contributed by atoms with Crippen LogP contribution in [0, 0.1) is 29.1 Å². The Kier molecular flexibility index (Phi) is 8.12. The van der Waals surface area contributed by atoms with Gasteiger partial charge in [0.2, 0.25) is 0 Å². The Bertz CT molecular complexity index is 2100. The van der Waals surface area contributed by atoms with Gasteiger partial charge in [-0.25, -0.2) is 4.99 Å². The summed E-state index contributed by atoms with van der Waals surface area (Å²) in [5.74, 6) is 3.99. The smallest absolute Gasteiger partial charge is 0.131 e. The summed E-state index contributed by atoms with van der Waals surface area (Å²) in [4.78, 5) is 5.27. The maximum absolute atomic E-state index is 5.27. The summed E-state index contributed by atoms with van der Waals surface area (Å²) >= 11 is 0. The standard InChI is InChI=1S/C51H55N3/c1-5-15-35(16-6-1)47-52-48(36-17-7-2-8-18-36)54-49(53-47)37-23-21-34(22-24-37)38-25-26-44-40(31-38)42-32-41-39-19-9-10-20-43(39)50(27-11-3-12-28-50)45(41)33-46(42)51(44)29-13-4-14-30-51/h1-2,5-10,15-21,23,25-26,32-33,38,40-41,44-45,47,49,53H,3-4,11-14,22,24,27-31H2,(H,52,54). The Morgan fingerprint density at radius 1 is 0.630 bits per heavy atom. The summed E-state index contributed by atoms with van der Waals surface area (Å²) in [5.41, 5.74) is 13.0. The Balaban J connectivity index is 0.910. The molecule has 11 rings (SSSR count). The number of hydrogen-bond donors (Lipinski definition) is 2. The molecule has 3 heteroatoms. The molecule has 0 aromatic heterocycles. The molecule has 3 nitrogen and oxygen atoms in total. The molecule has 7 aliphatic carbocycles. The van der Waals surface area contributed by atoms with Crippen molar-refractivity contribution in [3.63, 3.8) is 0 Å². The molecule has 274 valence electrons. The summed E-state index contributed by atoms with van der Waals surface area (Å²) in [6.07, 6.45) is 33.5. The van der Waals surface area contributed by atoms with Gasteiger partial charge in [0.15, 0.2) is 0 Å². The average Bonchev–Trinajstić information content (AvgIpc) is 3.66. The van der Waals surface area contributed by atoms with E-state index in [1.165, 1.54) is 81.8 Å². The summed E-state index contributed by atoms with van der Waals surface area (Å²) in [7, 11) is 0. The van der Waals surface area contributed by atoms with Crippen molar-refractivity contribution in [2.24, 2.45) is 34.1 Å². The fourth-order valence-corrected chi connectivity index (χ4v) is 13.1. The van der Waals surface area contributed by atoms with E-state index in [4.69, 9.17) is 4.99 Å². The second-order valence-corrected chi connectivity index (χ2v) is 18.0. The Hall–Kier alpha value is -4.21. The Morgan fingerprint density at radius 2 is 1.31 bits per heavy atom. The van der Waals surface area contributed by atoms with Crippen LogP contribution in [0.2, 0.25) is 0 Å². The molecule has 3 fully saturated rings. The molecule has 1 heterocycles. The number of fused-ring (bicyclic) bond motifs is 10. The van der Waals surface area contributed by atoms with Gasteiger partial charge in [-0.05, 0) is 102 Å². The van der Waals surface area contributed by atoms with Gasteiger partial charge < -0.3 is 5.32 Å². The summed E-state index contributed by atoms with van der Waals surface area (Å²) in [5, 5.41) is 7.55. The second-order valence-electron chi connectivity index (χ2n) is 18.0. The van der Waals surface area contributed by atoms with E-state index in [0.717, 1.165) is 24.2 Å². The van der Waals surface area contributed by atoms with Crippen LogP contribution in [-0.2, 0) is 5.41 Å². The molecule has 0 amide bonds. The number of hydrogen-bond acceptors (Lipinski definition) is 3. The van der Waals surface area contributed by atoms with Crippen LogP contribution in [0.15, 0.2) is 149 Å². The van der Waals surface area contributed by atoms with E-state index in [1.807, 2.05) is 5.57 Å². The number of rotatable bonds is 4. The minimum atomic E-state index is -0.0495. The van der Waals surface area contributed by atoms with Crippen molar-refractivity contribution in [3.05, 3.63) is 166 Å². The van der Waals surface area contributed by atoms with Gasteiger partial charge >= 0.3 is 0 Å². The van der Waals surface area contributed by atoms with Gasteiger partial charge in [-0.15, -0.1) is 0 Å². The topological polar surface area (TPSA) is 36.4 Å². The normalized spacial score (nSPS) is 32.9. The van der Waals surface area contributed by atoms with Crippen LogP contribution in [-0.4, -0.2) is 12.0 Å².